The molecule has 0 bridgehead atoms. The summed E-state index contributed by atoms with van der Waals surface area (Å²) in [5.74, 6) is -1.01. The van der Waals surface area contributed by atoms with Gasteiger partial charge in [-0.2, -0.15) is 0 Å². The lowest BCUT2D eigenvalue weighted by Crippen LogP contribution is -2.22. The van der Waals surface area contributed by atoms with Gasteiger partial charge in [0, 0.05) is 32.8 Å². The number of anilines is 1. The number of hydrogen-bond donors (Lipinski definition) is 2. The van der Waals surface area contributed by atoms with E-state index < -0.39 is 11.6 Å². The summed E-state index contributed by atoms with van der Waals surface area (Å²) in [5, 5.41) is 12.0. The lowest BCUT2D eigenvalue weighted by Gasteiger charge is -2.21. The minimum absolute atomic E-state index is 0.0363. The van der Waals surface area contributed by atoms with Crippen LogP contribution >= 0.6 is 0 Å². The Morgan fingerprint density at radius 2 is 1.86 bits per heavy atom. The van der Waals surface area contributed by atoms with Crippen LogP contribution in [-0.4, -0.2) is 31.3 Å². The SMILES string of the molecule is CN(CCCCCO)c1c(F)cc(CNC2CC2)cc1F. The van der Waals surface area contributed by atoms with E-state index in [-0.39, 0.29) is 12.3 Å². The monoisotopic (exact) mass is 298 g/mol. The summed E-state index contributed by atoms with van der Waals surface area (Å²) in [6.07, 6.45) is 4.69. The number of hydrogen-bond acceptors (Lipinski definition) is 3. The van der Waals surface area contributed by atoms with Gasteiger partial charge in [0.05, 0.1) is 0 Å². The molecular weight excluding hydrogens is 274 g/mol. The van der Waals surface area contributed by atoms with E-state index >= 15 is 0 Å². The van der Waals surface area contributed by atoms with Crippen LogP contribution in [0.2, 0.25) is 0 Å². The van der Waals surface area contributed by atoms with Crippen molar-refractivity contribution in [1.29, 1.82) is 0 Å². The average molecular weight is 298 g/mol. The molecule has 0 atom stereocenters. The summed E-state index contributed by atoms with van der Waals surface area (Å²) in [6, 6.07) is 3.35. The highest BCUT2D eigenvalue weighted by atomic mass is 19.1. The van der Waals surface area contributed by atoms with E-state index in [1.165, 1.54) is 12.1 Å². The molecule has 2 rings (SSSR count). The molecular formula is C16H24F2N2O. The summed E-state index contributed by atoms with van der Waals surface area (Å²) in [7, 11) is 1.70. The summed E-state index contributed by atoms with van der Waals surface area (Å²) < 4.78 is 28.3. The quantitative estimate of drug-likeness (QED) is 0.688. The van der Waals surface area contributed by atoms with E-state index in [1.54, 1.807) is 11.9 Å². The maximum atomic E-state index is 14.1. The Morgan fingerprint density at radius 1 is 1.19 bits per heavy atom. The smallest absolute Gasteiger partial charge is 0.149 e. The lowest BCUT2D eigenvalue weighted by atomic mass is 10.1. The first kappa shape index (κ1) is 16.2. The first-order chi connectivity index (χ1) is 10.1. The van der Waals surface area contributed by atoms with Gasteiger partial charge in [-0.3, -0.25) is 0 Å². The fourth-order valence-electron chi connectivity index (χ4n) is 2.38. The van der Waals surface area contributed by atoms with Crippen molar-refractivity contribution in [3.8, 4) is 0 Å². The van der Waals surface area contributed by atoms with Crippen LogP contribution in [0.5, 0.6) is 0 Å². The molecule has 1 saturated carbocycles. The fraction of sp³-hybridized carbons (Fsp3) is 0.625. The van der Waals surface area contributed by atoms with Gasteiger partial charge in [-0.05, 0) is 49.8 Å². The largest absolute Gasteiger partial charge is 0.396 e. The summed E-state index contributed by atoms with van der Waals surface area (Å²) in [6.45, 7) is 1.25. The molecule has 0 heterocycles. The Hall–Kier alpha value is -1.20. The van der Waals surface area contributed by atoms with E-state index in [4.69, 9.17) is 5.11 Å². The molecule has 1 aliphatic carbocycles. The first-order valence-electron chi connectivity index (χ1n) is 7.65. The van der Waals surface area contributed by atoms with Crippen molar-refractivity contribution in [3.05, 3.63) is 29.3 Å². The molecule has 5 heteroatoms. The molecule has 118 valence electrons. The minimum Gasteiger partial charge on any atom is -0.396 e. The van der Waals surface area contributed by atoms with Gasteiger partial charge in [0.1, 0.15) is 17.3 Å². The van der Waals surface area contributed by atoms with Crippen LogP contribution in [0.15, 0.2) is 12.1 Å². The Labute approximate surface area is 125 Å². The van der Waals surface area contributed by atoms with E-state index in [9.17, 15) is 8.78 Å². The molecule has 0 radical (unpaired) electrons. The van der Waals surface area contributed by atoms with Crippen molar-refractivity contribution in [2.75, 3.05) is 25.1 Å². The maximum Gasteiger partial charge on any atom is 0.149 e. The Morgan fingerprint density at radius 3 is 2.43 bits per heavy atom. The highest BCUT2D eigenvalue weighted by Gasteiger charge is 2.21. The molecule has 1 aliphatic rings. The van der Waals surface area contributed by atoms with Gasteiger partial charge in [-0.15, -0.1) is 0 Å². The fourth-order valence-corrected chi connectivity index (χ4v) is 2.38. The predicted molar refractivity (Wildman–Crippen MR) is 80.4 cm³/mol. The van der Waals surface area contributed by atoms with E-state index in [0.717, 1.165) is 32.1 Å². The van der Waals surface area contributed by atoms with Crippen molar-refractivity contribution in [2.45, 2.75) is 44.7 Å². The Balaban J connectivity index is 1.94. The molecule has 0 saturated heterocycles. The molecule has 1 aromatic rings. The zero-order valence-electron chi connectivity index (χ0n) is 12.5. The second-order valence-corrected chi connectivity index (χ2v) is 5.77. The molecule has 0 aliphatic heterocycles. The zero-order valence-corrected chi connectivity index (χ0v) is 12.5. The predicted octanol–water partition coefficient (Wildman–Crippen LogP) is 2.82. The number of halogens is 2. The van der Waals surface area contributed by atoms with Gasteiger partial charge in [-0.25, -0.2) is 8.78 Å². The second-order valence-electron chi connectivity index (χ2n) is 5.77. The van der Waals surface area contributed by atoms with Crippen molar-refractivity contribution in [3.63, 3.8) is 0 Å². The third-order valence-electron chi connectivity index (χ3n) is 3.78. The van der Waals surface area contributed by atoms with Crippen molar-refractivity contribution >= 4 is 5.69 Å². The van der Waals surface area contributed by atoms with Gasteiger partial charge in [-0.1, -0.05) is 0 Å². The van der Waals surface area contributed by atoms with Crippen molar-refractivity contribution in [2.24, 2.45) is 0 Å². The summed E-state index contributed by atoms with van der Waals surface area (Å²) in [4.78, 5) is 1.61. The number of benzene rings is 1. The van der Waals surface area contributed by atoms with Crippen LogP contribution in [0.25, 0.3) is 0 Å². The Bertz CT molecular complexity index is 441. The number of aliphatic hydroxyl groups excluding tert-OH is 1. The van der Waals surface area contributed by atoms with Gasteiger partial charge < -0.3 is 15.3 Å². The van der Waals surface area contributed by atoms with Crippen LogP contribution in [-0.2, 0) is 6.54 Å². The third-order valence-corrected chi connectivity index (χ3v) is 3.78. The molecule has 21 heavy (non-hydrogen) atoms. The average Bonchev–Trinajstić information content (AvgIpc) is 3.25. The number of unbranched alkanes of at least 4 members (excludes halogenated alkanes) is 2. The molecule has 0 aromatic heterocycles. The van der Waals surface area contributed by atoms with Gasteiger partial charge in [0.15, 0.2) is 0 Å². The third kappa shape index (κ3) is 4.93. The van der Waals surface area contributed by atoms with Crippen LogP contribution < -0.4 is 10.2 Å². The standard InChI is InChI=1S/C16H24F2N2O/c1-20(7-3-2-4-8-21)16-14(17)9-12(10-15(16)18)11-19-13-5-6-13/h9-10,13,19,21H,2-8,11H2,1H3. The number of rotatable bonds is 9. The van der Waals surface area contributed by atoms with Crippen LogP contribution in [0.1, 0.15) is 37.7 Å². The van der Waals surface area contributed by atoms with E-state index in [0.29, 0.717) is 24.7 Å². The highest BCUT2D eigenvalue weighted by Crippen LogP contribution is 2.25. The van der Waals surface area contributed by atoms with Crippen LogP contribution in [0, 0.1) is 11.6 Å². The number of aliphatic hydroxyl groups is 1. The van der Waals surface area contributed by atoms with Crippen LogP contribution in [0.4, 0.5) is 14.5 Å². The molecule has 0 amide bonds. The number of nitrogens with zero attached hydrogens (tertiary/aromatic N) is 1. The first-order valence-corrected chi connectivity index (χ1v) is 7.65. The number of nitrogens with one attached hydrogen (secondary N) is 1. The summed E-state index contributed by atoms with van der Waals surface area (Å²) >= 11 is 0. The van der Waals surface area contributed by atoms with Crippen molar-refractivity contribution < 1.29 is 13.9 Å². The van der Waals surface area contributed by atoms with E-state index in [2.05, 4.69) is 5.32 Å². The normalized spacial score (nSPS) is 14.5. The molecule has 1 aromatic carbocycles. The topological polar surface area (TPSA) is 35.5 Å². The Kier molecular flexibility index (Phi) is 5.94. The van der Waals surface area contributed by atoms with Gasteiger partial charge >= 0.3 is 0 Å². The van der Waals surface area contributed by atoms with Crippen molar-refractivity contribution in [1.82, 2.24) is 5.32 Å². The molecule has 0 unspecified atom stereocenters. The van der Waals surface area contributed by atoms with Gasteiger partial charge in [0.2, 0.25) is 0 Å². The lowest BCUT2D eigenvalue weighted by molar-refractivity contribution is 0.283. The zero-order chi connectivity index (χ0) is 15.2. The summed E-state index contributed by atoms with van der Waals surface area (Å²) in [5.41, 5.74) is 0.684. The van der Waals surface area contributed by atoms with Crippen LogP contribution in [0.3, 0.4) is 0 Å². The molecule has 3 nitrogen and oxygen atoms in total. The van der Waals surface area contributed by atoms with Gasteiger partial charge in [0.25, 0.3) is 0 Å². The second kappa shape index (κ2) is 7.71. The highest BCUT2D eigenvalue weighted by molar-refractivity contribution is 5.50. The minimum atomic E-state index is -0.507. The molecule has 1 fully saturated rings. The van der Waals surface area contributed by atoms with E-state index in [1.807, 2.05) is 0 Å². The molecule has 0 spiro atoms. The maximum absolute atomic E-state index is 14.1. The molecule has 2 N–H and O–H groups in total.